The minimum Gasteiger partial charge on any atom is -0.444 e. The highest BCUT2D eigenvalue weighted by molar-refractivity contribution is 9.10. The fraction of sp³-hybridized carbons (Fsp3) is 0.524. The quantitative estimate of drug-likeness (QED) is 0.634. The number of hydrogen-bond donors (Lipinski definition) is 0. The van der Waals surface area contributed by atoms with E-state index in [1.54, 1.807) is 0 Å². The van der Waals surface area contributed by atoms with E-state index in [0.29, 0.717) is 5.92 Å². The van der Waals surface area contributed by atoms with Crippen molar-refractivity contribution in [2.45, 2.75) is 58.6 Å². The molecule has 2 aliphatic rings. The highest BCUT2D eigenvalue weighted by atomic mass is 79.9. The molecule has 0 radical (unpaired) electrons. The molecule has 1 fully saturated rings. The zero-order valence-electron chi connectivity index (χ0n) is 16.0. The molecule has 5 heteroatoms. The Bertz CT molecular complexity index is 731. The van der Waals surface area contributed by atoms with Crippen LogP contribution in [0.3, 0.4) is 0 Å². The highest BCUT2D eigenvalue weighted by Gasteiger charge is 2.40. The first-order chi connectivity index (χ1) is 12.3. The summed E-state index contributed by atoms with van der Waals surface area (Å²) in [6.07, 6.45) is 4.55. The molecule has 1 amide bonds. The predicted octanol–water partition coefficient (Wildman–Crippen LogP) is 5.67. The smallest absolute Gasteiger partial charge is 0.410 e. The molecule has 2 heterocycles. The van der Waals surface area contributed by atoms with E-state index in [1.807, 2.05) is 44.0 Å². The van der Waals surface area contributed by atoms with Crippen LogP contribution in [0.25, 0.3) is 5.57 Å². The fourth-order valence-electron chi connectivity index (χ4n) is 3.55. The number of nitrogens with zero attached hydrogens (tertiary/aromatic N) is 2. The molecule has 2 atom stereocenters. The summed E-state index contributed by atoms with van der Waals surface area (Å²) < 4.78 is 6.71. The van der Waals surface area contributed by atoms with Crippen LogP contribution in [-0.2, 0) is 4.74 Å². The SMILES string of the molecule is CC[C@H]1C[C@@H](C2=NC=C(c3ccc(Br)cc3)C2)N(C(=O)OC(C)(C)C)C1. The van der Waals surface area contributed by atoms with Gasteiger partial charge in [-0.2, -0.15) is 0 Å². The van der Waals surface area contributed by atoms with Crippen LogP contribution >= 0.6 is 15.9 Å². The Labute approximate surface area is 164 Å². The normalized spacial score (nSPS) is 23.0. The molecule has 0 aromatic heterocycles. The number of benzene rings is 1. The van der Waals surface area contributed by atoms with Crippen LogP contribution in [0.1, 0.15) is 52.5 Å². The Morgan fingerprint density at radius 2 is 2.00 bits per heavy atom. The summed E-state index contributed by atoms with van der Waals surface area (Å²) >= 11 is 3.48. The van der Waals surface area contributed by atoms with Gasteiger partial charge in [0.15, 0.2) is 0 Å². The van der Waals surface area contributed by atoms with Gasteiger partial charge in [-0.3, -0.25) is 9.89 Å². The van der Waals surface area contributed by atoms with Crippen LogP contribution in [-0.4, -0.2) is 34.9 Å². The van der Waals surface area contributed by atoms with Gasteiger partial charge in [-0.1, -0.05) is 41.4 Å². The zero-order chi connectivity index (χ0) is 18.9. The van der Waals surface area contributed by atoms with Crippen LogP contribution in [0.5, 0.6) is 0 Å². The standard InChI is InChI=1S/C21H27BrN2O2/c1-5-14-10-19(24(13-14)20(25)26-21(2,3)4)18-11-16(12-23-18)15-6-8-17(22)9-7-15/h6-9,12,14,19H,5,10-11,13H2,1-4H3/t14-,19-/m0/s1. The van der Waals surface area contributed by atoms with Crippen LogP contribution in [0.4, 0.5) is 4.79 Å². The predicted molar refractivity (Wildman–Crippen MR) is 109 cm³/mol. The number of carbonyl (C=O) groups excluding carboxylic acids is 1. The molecule has 0 spiro atoms. The number of amides is 1. The van der Waals surface area contributed by atoms with Gasteiger partial charge < -0.3 is 4.74 Å². The van der Waals surface area contributed by atoms with Crippen molar-refractivity contribution in [3.8, 4) is 0 Å². The minimum atomic E-state index is -0.482. The largest absolute Gasteiger partial charge is 0.444 e. The summed E-state index contributed by atoms with van der Waals surface area (Å²) in [6.45, 7) is 8.67. The first-order valence-corrected chi connectivity index (χ1v) is 10.1. The summed E-state index contributed by atoms with van der Waals surface area (Å²) in [5.74, 6) is 0.506. The minimum absolute atomic E-state index is 0.0407. The fourth-order valence-corrected chi connectivity index (χ4v) is 3.81. The molecule has 2 aliphatic heterocycles. The molecule has 1 aromatic carbocycles. The van der Waals surface area contributed by atoms with Crippen LogP contribution in [0.2, 0.25) is 0 Å². The number of hydrogen-bond acceptors (Lipinski definition) is 3. The summed E-state index contributed by atoms with van der Waals surface area (Å²) in [7, 11) is 0. The maximum Gasteiger partial charge on any atom is 0.410 e. The number of halogens is 1. The monoisotopic (exact) mass is 418 g/mol. The van der Waals surface area contributed by atoms with Crippen molar-refractivity contribution in [3.05, 3.63) is 40.5 Å². The Morgan fingerprint density at radius 3 is 2.62 bits per heavy atom. The Kier molecular flexibility index (Phi) is 5.56. The summed E-state index contributed by atoms with van der Waals surface area (Å²) in [4.78, 5) is 19.3. The van der Waals surface area contributed by atoms with E-state index in [1.165, 1.54) is 11.1 Å². The topological polar surface area (TPSA) is 41.9 Å². The van der Waals surface area contributed by atoms with E-state index in [9.17, 15) is 4.79 Å². The van der Waals surface area contributed by atoms with E-state index in [2.05, 4.69) is 40.0 Å². The number of rotatable bonds is 3. The molecule has 140 valence electrons. The maximum atomic E-state index is 12.7. The third kappa shape index (κ3) is 4.37. The van der Waals surface area contributed by atoms with E-state index in [0.717, 1.165) is 36.0 Å². The number of ether oxygens (including phenoxy) is 1. The first-order valence-electron chi connectivity index (χ1n) is 9.28. The zero-order valence-corrected chi connectivity index (χ0v) is 17.5. The molecule has 0 aliphatic carbocycles. The lowest BCUT2D eigenvalue weighted by Gasteiger charge is -2.28. The van der Waals surface area contributed by atoms with Gasteiger partial charge in [-0.05, 0) is 56.4 Å². The molecular weight excluding hydrogens is 392 g/mol. The van der Waals surface area contributed by atoms with Crippen molar-refractivity contribution in [3.63, 3.8) is 0 Å². The number of aliphatic imine (C=N–C) groups is 1. The van der Waals surface area contributed by atoms with E-state index in [4.69, 9.17) is 4.74 Å². The van der Waals surface area contributed by atoms with Gasteiger partial charge >= 0.3 is 6.09 Å². The molecule has 4 nitrogen and oxygen atoms in total. The lowest BCUT2D eigenvalue weighted by Crippen LogP contribution is -2.43. The summed E-state index contributed by atoms with van der Waals surface area (Å²) in [5.41, 5.74) is 2.98. The number of likely N-dealkylation sites (tertiary alicyclic amines) is 1. The van der Waals surface area contributed by atoms with Crippen molar-refractivity contribution in [2.75, 3.05) is 6.54 Å². The second-order valence-electron chi connectivity index (χ2n) is 8.12. The van der Waals surface area contributed by atoms with Crippen LogP contribution in [0.15, 0.2) is 39.9 Å². The molecule has 1 aromatic rings. The Hall–Kier alpha value is -1.62. The molecular formula is C21H27BrN2O2. The second kappa shape index (κ2) is 7.55. The van der Waals surface area contributed by atoms with Crippen LogP contribution < -0.4 is 0 Å². The van der Waals surface area contributed by atoms with Gasteiger partial charge in [0.25, 0.3) is 0 Å². The van der Waals surface area contributed by atoms with Gasteiger partial charge in [0.2, 0.25) is 0 Å². The molecule has 3 rings (SSSR count). The highest BCUT2D eigenvalue weighted by Crippen LogP contribution is 2.34. The van der Waals surface area contributed by atoms with Crippen molar-refractivity contribution >= 4 is 33.3 Å². The third-order valence-electron chi connectivity index (χ3n) is 4.95. The third-order valence-corrected chi connectivity index (χ3v) is 5.48. The summed E-state index contributed by atoms with van der Waals surface area (Å²) in [6, 6.07) is 8.33. The van der Waals surface area contributed by atoms with Crippen molar-refractivity contribution in [1.82, 2.24) is 4.90 Å². The summed E-state index contributed by atoms with van der Waals surface area (Å²) in [5, 5.41) is 0. The lowest BCUT2D eigenvalue weighted by molar-refractivity contribution is 0.0259. The number of carbonyl (C=O) groups is 1. The van der Waals surface area contributed by atoms with Gasteiger partial charge in [-0.15, -0.1) is 0 Å². The number of allylic oxidation sites excluding steroid dienone is 1. The van der Waals surface area contributed by atoms with Crippen LogP contribution in [0, 0.1) is 5.92 Å². The van der Waals surface area contributed by atoms with Gasteiger partial charge in [0, 0.05) is 29.3 Å². The van der Waals surface area contributed by atoms with Gasteiger partial charge in [0.1, 0.15) is 5.60 Å². The van der Waals surface area contributed by atoms with Gasteiger partial charge in [0.05, 0.1) is 6.04 Å². The Morgan fingerprint density at radius 1 is 1.31 bits per heavy atom. The van der Waals surface area contributed by atoms with Gasteiger partial charge in [-0.25, -0.2) is 4.79 Å². The molecule has 0 unspecified atom stereocenters. The van der Waals surface area contributed by atoms with Crippen molar-refractivity contribution < 1.29 is 9.53 Å². The molecule has 0 N–H and O–H groups in total. The first kappa shape index (κ1) is 19.2. The average Bonchev–Trinajstić information content (AvgIpc) is 3.20. The average molecular weight is 419 g/mol. The van der Waals surface area contributed by atoms with E-state index in [-0.39, 0.29) is 12.1 Å². The molecule has 0 saturated carbocycles. The lowest BCUT2D eigenvalue weighted by atomic mass is 9.96. The maximum absolute atomic E-state index is 12.7. The van der Waals surface area contributed by atoms with E-state index >= 15 is 0 Å². The molecule has 26 heavy (non-hydrogen) atoms. The Balaban J connectivity index is 1.72. The van der Waals surface area contributed by atoms with Crippen molar-refractivity contribution in [1.29, 1.82) is 0 Å². The van der Waals surface area contributed by atoms with E-state index < -0.39 is 5.60 Å². The second-order valence-corrected chi connectivity index (χ2v) is 9.03. The molecule has 1 saturated heterocycles. The van der Waals surface area contributed by atoms with Crippen molar-refractivity contribution in [2.24, 2.45) is 10.9 Å². The molecule has 0 bridgehead atoms.